The van der Waals surface area contributed by atoms with Crippen molar-refractivity contribution in [2.75, 3.05) is 48.0 Å². The van der Waals surface area contributed by atoms with E-state index in [9.17, 15) is 32.8 Å². The summed E-state index contributed by atoms with van der Waals surface area (Å²) < 4.78 is 57.0. The van der Waals surface area contributed by atoms with Gasteiger partial charge < -0.3 is 29.8 Å². The number of hydrogen-bond acceptors (Lipinski definition) is 13. The Bertz CT molecular complexity index is 2850. The minimum atomic E-state index is -4.72. The Morgan fingerprint density at radius 1 is 1.07 bits per heavy atom. The van der Waals surface area contributed by atoms with Gasteiger partial charge in [-0.25, -0.2) is 22.5 Å². The maximum Gasteiger partial charge on any atom is 0.297 e. The van der Waals surface area contributed by atoms with Crippen LogP contribution in [-0.2, 0) is 10.0 Å². The Kier molecular flexibility index (Phi) is 12.4. The number of benzene rings is 3. The first-order valence-electron chi connectivity index (χ1n) is 23.7. The van der Waals surface area contributed by atoms with Crippen molar-refractivity contribution >= 4 is 55.8 Å². The molecule has 1 amide bonds. The minimum Gasteiger partial charge on any atom is -0.489 e. The summed E-state index contributed by atoms with van der Waals surface area (Å²) in [6.45, 7) is 9.13. The molecule has 2 atom stereocenters. The highest BCUT2D eigenvalue weighted by Crippen LogP contribution is 2.54. The van der Waals surface area contributed by atoms with Crippen LogP contribution >= 0.6 is 11.8 Å². The van der Waals surface area contributed by atoms with E-state index in [1.165, 1.54) is 41.7 Å². The quantitative estimate of drug-likeness (QED) is 0.0724. The number of aromatic amines is 1. The van der Waals surface area contributed by atoms with Crippen molar-refractivity contribution < 1.29 is 37.1 Å². The average molecular weight is 968 g/mol. The Morgan fingerprint density at radius 2 is 1.84 bits per heavy atom. The van der Waals surface area contributed by atoms with E-state index in [1.54, 1.807) is 19.1 Å². The Balaban J connectivity index is 0.864. The third kappa shape index (κ3) is 9.11. The molecule has 0 bridgehead atoms. The van der Waals surface area contributed by atoms with Gasteiger partial charge in [0.15, 0.2) is 11.4 Å². The highest BCUT2D eigenvalue weighted by atomic mass is 32.2. The van der Waals surface area contributed by atoms with E-state index in [2.05, 4.69) is 67.9 Å². The molecule has 5 aliphatic rings. The number of nitro benzene ring substituents is 1. The van der Waals surface area contributed by atoms with E-state index in [1.807, 2.05) is 11.8 Å². The molecule has 3 aliphatic heterocycles. The van der Waals surface area contributed by atoms with Crippen LogP contribution in [0.25, 0.3) is 11.0 Å². The van der Waals surface area contributed by atoms with Crippen molar-refractivity contribution in [3.05, 3.63) is 106 Å². The van der Waals surface area contributed by atoms with Crippen LogP contribution in [0.3, 0.4) is 0 Å². The Hall–Kier alpha value is -5.43. The van der Waals surface area contributed by atoms with Crippen LogP contribution in [0, 0.1) is 27.3 Å². The largest absolute Gasteiger partial charge is 0.489 e. The Morgan fingerprint density at radius 3 is 2.59 bits per heavy atom. The summed E-state index contributed by atoms with van der Waals surface area (Å²) in [5, 5.41) is 26.2. The molecule has 4 fully saturated rings. The van der Waals surface area contributed by atoms with Crippen molar-refractivity contribution in [3.8, 4) is 17.2 Å². The standard InChI is InChI=1S/C50H58FN7O8S2/c1-30(2)36-6-4-5-7-37(36)43-29-67-19-18-57(43)33-24-50(25-33)14-16-56(17-15-50)32-8-9-38(44(20-32)66-34-21-39-40(51)27-53-47(39)52-26-34)48(59)55-68(63,64)35-22-42(58(61)62)46-45(23-35)65-28-41(54-46)31-10-12-49(3,60)13-11-31/h4-9,20-23,26-27,30-31,33,41,43,54,60H,10-19,24-25,28-29H2,1-3H3,(H,52,53)(H,55,59)/t31?,41-,43+,49?/m1/s1. The molecule has 15 nitrogen and oxygen atoms in total. The summed E-state index contributed by atoms with van der Waals surface area (Å²) in [6, 6.07) is 18.1. The number of ether oxygens (including phenoxy) is 2. The zero-order valence-electron chi connectivity index (χ0n) is 38.5. The number of amides is 1. The van der Waals surface area contributed by atoms with Crippen molar-refractivity contribution in [1.82, 2.24) is 19.6 Å². The van der Waals surface area contributed by atoms with Gasteiger partial charge >= 0.3 is 0 Å². The van der Waals surface area contributed by atoms with Crippen LogP contribution in [0.5, 0.6) is 17.2 Å². The number of nitrogens with one attached hydrogen (secondary N) is 3. The predicted molar refractivity (Wildman–Crippen MR) is 260 cm³/mol. The third-order valence-corrected chi connectivity index (χ3v) is 17.6. The molecular weight excluding hydrogens is 910 g/mol. The lowest BCUT2D eigenvalue weighted by molar-refractivity contribution is -0.384. The number of anilines is 2. The van der Waals surface area contributed by atoms with Crippen molar-refractivity contribution in [2.45, 2.75) is 107 Å². The van der Waals surface area contributed by atoms with Crippen LogP contribution in [0.4, 0.5) is 21.5 Å². The van der Waals surface area contributed by atoms with Crippen LogP contribution in [0.1, 0.15) is 106 Å². The van der Waals surface area contributed by atoms with Gasteiger partial charge in [0.1, 0.15) is 29.6 Å². The first kappa shape index (κ1) is 46.3. The van der Waals surface area contributed by atoms with E-state index >= 15 is 0 Å². The minimum absolute atomic E-state index is 0.0196. The summed E-state index contributed by atoms with van der Waals surface area (Å²) in [7, 11) is -4.72. The van der Waals surface area contributed by atoms with E-state index < -0.39 is 42.9 Å². The number of sulfonamides is 1. The molecule has 0 radical (unpaired) electrons. The number of aromatic nitrogens is 2. The molecule has 360 valence electrons. The number of piperidine rings is 1. The molecule has 2 aromatic heterocycles. The molecule has 10 rings (SSSR count). The van der Waals surface area contributed by atoms with Crippen LogP contribution in [-0.4, -0.2) is 94.7 Å². The van der Waals surface area contributed by atoms with Gasteiger partial charge in [0, 0.05) is 73.3 Å². The second-order valence-corrected chi connectivity index (χ2v) is 22.9. The van der Waals surface area contributed by atoms with Crippen molar-refractivity contribution in [1.29, 1.82) is 0 Å². The fraction of sp³-hybridized carbons (Fsp3) is 0.480. The zero-order chi connectivity index (χ0) is 47.5. The summed E-state index contributed by atoms with van der Waals surface area (Å²) in [4.78, 5) is 37.4. The summed E-state index contributed by atoms with van der Waals surface area (Å²) in [5.41, 5.74) is 2.88. The molecule has 0 unspecified atom stereocenters. The van der Waals surface area contributed by atoms with Gasteiger partial charge in [-0.05, 0) is 105 Å². The molecule has 3 aromatic carbocycles. The maximum absolute atomic E-state index is 14.7. The molecule has 2 saturated heterocycles. The van der Waals surface area contributed by atoms with E-state index in [4.69, 9.17) is 9.47 Å². The van der Waals surface area contributed by atoms with Crippen LogP contribution in [0.2, 0.25) is 0 Å². The molecule has 5 heterocycles. The molecular formula is C50H58FN7O8S2. The number of halogens is 1. The van der Waals surface area contributed by atoms with Gasteiger partial charge in [-0.3, -0.25) is 19.8 Å². The molecule has 2 saturated carbocycles. The van der Waals surface area contributed by atoms with Crippen molar-refractivity contribution in [2.24, 2.45) is 11.3 Å². The number of carbonyl (C=O) groups excluding carboxylic acids is 1. The molecule has 2 aliphatic carbocycles. The Labute approximate surface area is 399 Å². The van der Waals surface area contributed by atoms with Gasteiger partial charge in [0.25, 0.3) is 21.6 Å². The molecule has 1 spiro atoms. The summed E-state index contributed by atoms with van der Waals surface area (Å²) in [5.74, 6) is 1.34. The second-order valence-electron chi connectivity index (χ2n) is 20.1. The first-order valence-corrected chi connectivity index (χ1v) is 26.3. The van der Waals surface area contributed by atoms with Crippen molar-refractivity contribution in [3.63, 3.8) is 0 Å². The van der Waals surface area contributed by atoms with Gasteiger partial charge in [-0.15, -0.1) is 0 Å². The van der Waals surface area contributed by atoms with Gasteiger partial charge in [-0.2, -0.15) is 11.8 Å². The number of aliphatic hydroxyl groups is 1. The first-order chi connectivity index (χ1) is 32.6. The average Bonchev–Trinajstić information content (AvgIpc) is 3.69. The smallest absolute Gasteiger partial charge is 0.297 e. The molecule has 68 heavy (non-hydrogen) atoms. The van der Waals surface area contributed by atoms with Crippen LogP contribution in [0.15, 0.2) is 78.0 Å². The van der Waals surface area contributed by atoms with Gasteiger partial charge in [0.05, 0.1) is 38.6 Å². The van der Waals surface area contributed by atoms with E-state index in [0.717, 1.165) is 68.6 Å². The SMILES string of the molecule is CC(C)c1ccccc1[C@@H]1CSCCN1C1CC2(CCN(c3ccc(C(=O)NS(=O)(=O)c4cc5c(c([N+](=O)[O-])c4)N[C@@H](C4CCC(C)(O)CC4)CO5)c(Oc4cnc5[nH]cc(F)c5c4)c3)CC2)C1. The third-order valence-electron chi connectivity index (χ3n) is 15.2. The fourth-order valence-electron chi connectivity index (χ4n) is 11.3. The second kappa shape index (κ2) is 18.1. The highest BCUT2D eigenvalue weighted by molar-refractivity contribution is 7.99. The van der Waals surface area contributed by atoms with E-state index in [-0.39, 0.29) is 57.9 Å². The number of fused-ring (bicyclic) bond motifs is 2. The lowest BCUT2D eigenvalue weighted by atomic mass is 9.59. The topological polar surface area (TPSA) is 192 Å². The monoisotopic (exact) mass is 967 g/mol. The number of thioether (sulfide) groups is 1. The molecule has 4 N–H and O–H groups in total. The van der Waals surface area contributed by atoms with Gasteiger partial charge in [-0.1, -0.05) is 38.1 Å². The van der Waals surface area contributed by atoms with Crippen LogP contribution < -0.4 is 24.4 Å². The lowest BCUT2D eigenvalue weighted by Crippen LogP contribution is -2.57. The number of nitro groups is 1. The number of carbonyl (C=O) groups is 1. The molecule has 5 aromatic rings. The van der Waals surface area contributed by atoms with E-state index in [0.29, 0.717) is 49.3 Å². The number of rotatable bonds is 11. The zero-order valence-corrected chi connectivity index (χ0v) is 40.1. The number of H-pyrrole nitrogens is 1. The van der Waals surface area contributed by atoms with Gasteiger partial charge in [0.2, 0.25) is 0 Å². The normalized spacial score (nSPS) is 24.2. The number of hydrogen-bond donors (Lipinski definition) is 4. The lowest BCUT2D eigenvalue weighted by Gasteiger charge is -2.57. The molecule has 18 heteroatoms. The predicted octanol–water partition coefficient (Wildman–Crippen LogP) is 9.30. The number of nitrogens with zero attached hydrogens (tertiary/aromatic N) is 4. The summed E-state index contributed by atoms with van der Waals surface area (Å²) in [6.07, 6.45) is 9.44. The maximum atomic E-state index is 14.7. The fourth-order valence-corrected chi connectivity index (χ4v) is 13.4. The number of pyridine rings is 1. The summed E-state index contributed by atoms with van der Waals surface area (Å²) >= 11 is 2.05. The highest BCUT2D eigenvalue weighted by Gasteiger charge is 2.50.